The molecule has 0 radical (unpaired) electrons. The van der Waals surface area contributed by atoms with Crippen molar-refractivity contribution < 1.29 is 27.8 Å². The maximum atomic E-state index is 12.5. The zero-order valence-corrected chi connectivity index (χ0v) is 12.1. The van der Waals surface area contributed by atoms with Crippen LogP contribution in [0.25, 0.3) is 0 Å². The van der Waals surface area contributed by atoms with Gasteiger partial charge in [-0.3, -0.25) is 0 Å². The molecular weight excluding hydrogens is 310 g/mol. The second-order valence-corrected chi connectivity index (χ2v) is 5.31. The zero-order chi connectivity index (χ0) is 16.3. The summed E-state index contributed by atoms with van der Waals surface area (Å²) in [5, 5.41) is 12.6. The summed E-state index contributed by atoms with van der Waals surface area (Å²) in [4.78, 5) is 5.49. The first-order valence-corrected chi connectivity index (χ1v) is 7.03. The van der Waals surface area contributed by atoms with Crippen LogP contribution in [0.1, 0.15) is 18.4 Å². The zero-order valence-electron chi connectivity index (χ0n) is 12.1. The third-order valence-electron chi connectivity index (χ3n) is 3.65. The van der Waals surface area contributed by atoms with Crippen molar-refractivity contribution in [1.82, 2.24) is 0 Å². The SMILES string of the molecule is N#CCOc1cc(OC(F)F)cc(C2=NOC3(CCOC3)C2)c1. The summed E-state index contributed by atoms with van der Waals surface area (Å²) in [6.45, 7) is -2.09. The maximum Gasteiger partial charge on any atom is 0.387 e. The highest BCUT2D eigenvalue weighted by atomic mass is 19.3. The lowest BCUT2D eigenvalue weighted by atomic mass is 9.93. The van der Waals surface area contributed by atoms with E-state index in [1.807, 2.05) is 6.07 Å². The van der Waals surface area contributed by atoms with Gasteiger partial charge in [0.2, 0.25) is 0 Å². The van der Waals surface area contributed by atoms with Crippen LogP contribution in [-0.4, -0.2) is 37.7 Å². The number of hydrogen-bond acceptors (Lipinski definition) is 6. The smallest absolute Gasteiger partial charge is 0.387 e. The molecule has 1 atom stereocenters. The van der Waals surface area contributed by atoms with E-state index in [0.717, 1.165) is 6.42 Å². The number of benzene rings is 1. The van der Waals surface area contributed by atoms with E-state index in [9.17, 15) is 8.78 Å². The van der Waals surface area contributed by atoms with Gasteiger partial charge in [0.15, 0.2) is 12.2 Å². The number of rotatable bonds is 5. The highest BCUT2D eigenvalue weighted by molar-refractivity contribution is 6.02. The Morgan fingerprint density at radius 3 is 2.87 bits per heavy atom. The molecule has 1 fully saturated rings. The molecule has 2 aliphatic rings. The van der Waals surface area contributed by atoms with Crippen molar-refractivity contribution in [3.05, 3.63) is 23.8 Å². The summed E-state index contributed by atoms with van der Waals surface area (Å²) < 4.78 is 39.9. The van der Waals surface area contributed by atoms with E-state index in [2.05, 4.69) is 9.89 Å². The maximum absolute atomic E-state index is 12.5. The molecule has 1 unspecified atom stereocenters. The van der Waals surface area contributed by atoms with Gasteiger partial charge in [-0.1, -0.05) is 5.16 Å². The molecule has 0 bridgehead atoms. The highest BCUT2D eigenvalue weighted by Gasteiger charge is 2.43. The lowest BCUT2D eigenvalue weighted by Gasteiger charge is -2.17. The van der Waals surface area contributed by atoms with Crippen LogP contribution < -0.4 is 9.47 Å². The van der Waals surface area contributed by atoms with Gasteiger partial charge in [0.05, 0.1) is 18.9 Å². The van der Waals surface area contributed by atoms with Gasteiger partial charge in [0, 0.05) is 24.5 Å². The Labute approximate surface area is 131 Å². The topological polar surface area (TPSA) is 73.1 Å². The van der Waals surface area contributed by atoms with Crippen molar-refractivity contribution in [2.45, 2.75) is 25.1 Å². The lowest BCUT2D eigenvalue weighted by molar-refractivity contribution is -0.0499. The third-order valence-corrected chi connectivity index (χ3v) is 3.65. The van der Waals surface area contributed by atoms with Crippen LogP contribution in [0.4, 0.5) is 8.78 Å². The molecular formula is C15H14F2N2O4. The second kappa shape index (κ2) is 6.38. The van der Waals surface area contributed by atoms with Crippen LogP contribution in [-0.2, 0) is 9.57 Å². The number of nitrogens with zero attached hydrogens (tertiary/aromatic N) is 2. The minimum Gasteiger partial charge on any atom is -0.479 e. The quantitative estimate of drug-likeness (QED) is 0.832. The largest absolute Gasteiger partial charge is 0.479 e. The number of halogens is 2. The molecule has 3 rings (SSSR count). The van der Waals surface area contributed by atoms with E-state index in [0.29, 0.717) is 30.9 Å². The average Bonchev–Trinajstić information content (AvgIpc) is 3.15. The number of nitriles is 1. The molecule has 1 aromatic rings. The summed E-state index contributed by atoms with van der Waals surface area (Å²) in [5.74, 6) is 0.197. The molecule has 6 nitrogen and oxygen atoms in total. The van der Waals surface area contributed by atoms with Gasteiger partial charge in [-0.05, 0) is 12.1 Å². The number of alkyl halides is 2. The first kappa shape index (κ1) is 15.5. The fourth-order valence-electron chi connectivity index (χ4n) is 2.58. The van der Waals surface area contributed by atoms with E-state index >= 15 is 0 Å². The molecule has 2 heterocycles. The molecule has 0 N–H and O–H groups in total. The first-order valence-electron chi connectivity index (χ1n) is 7.03. The molecule has 1 spiro atoms. The van der Waals surface area contributed by atoms with Gasteiger partial charge in [-0.25, -0.2) is 0 Å². The van der Waals surface area contributed by atoms with Crippen LogP contribution in [0.15, 0.2) is 23.4 Å². The Kier molecular flexibility index (Phi) is 4.30. The Balaban J connectivity index is 1.84. The van der Waals surface area contributed by atoms with Gasteiger partial charge < -0.3 is 19.0 Å². The van der Waals surface area contributed by atoms with Crippen LogP contribution in [0, 0.1) is 11.3 Å². The molecule has 8 heteroatoms. The molecule has 0 aliphatic carbocycles. The van der Waals surface area contributed by atoms with Crippen LogP contribution >= 0.6 is 0 Å². The standard InChI is InChI=1S/C15H14F2N2O4/c16-14(17)22-12-6-10(5-11(7-12)21-4-2-18)13-8-15(23-19-13)1-3-20-9-15/h5-7,14H,1,3-4,8-9H2. The molecule has 0 amide bonds. The van der Waals surface area contributed by atoms with Crippen LogP contribution in [0.3, 0.4) is 0 Å². The molecule has 0 saturated carbocycles. The van der Waals surface area contributed by atoms with E-state index in [1.165, 1.54) is 12.1 Å². The summed E-state index contributed by atoms with van der Waals surface area (Å²) in [7, 11) is 0. The number of ether oxygens (including phenoxy) is 3. The molecule has 2 aliphatic heterocycles. The van der Waals surface area contributed by atoms with Gasteiger partial charge >= 0.3 is 6.61 Å². The van der Waals surface area contributed by atoms with Crippen molar-refractivity contribution in [2.24, 2.45) is 5.16 Å². The van der Waals surface area contributed by atoms with Crippen molar-refractivity contribution in [3.63, 3.8) is 0 Å². The number of hydrogen-bond donors (Lipinski definition) is 0. The first-order chi connectivity index (χ1) is 11.1. The van der Waals surface area contributed by atoms with Gasteiger partial charge in [0.25, 0.3) is 0 Å². The molecule has 122 valence electrons. The van der Waals surface area contributed by atoms with E-state index < -0.39 is 12.2 Å². The predicted octanol–water partition coefficient (Wildman–Crippen LogP) is 2.47. The van der Waals surface area contributed by atoms with Crippen molar-refractivity contribution in [3.8, 4) is 17.6 Å². The highest BCUT2D eigenvalue weighted by Crippen LogP contribution is 2.35. The summed E-state index contributed by atoms with van der Waals surface area (Å²) >= 11 is 0. The van der Waals surface area contributed by atoms with E-state index in [1.54, 1.807) is 6.07 Å². The monoisotopic (exact) mass is 324 g/mol. The van der Waals surface area contributed by atoms with Gasteiger partial charge in [0.1, 0.15) is 17.6 Å². The fourth-order valence-corrected chi connectivity index (χ4v) is 2.58. The third kappa shape index (κ3) is 3.51. The summed E-state index contributed by atoms with van der Waals surface area (Å²) in [5.41, 5.74) is 0.694. The Hall–Kier alpha value is -2.40. The Morgan fingerprint density at radius 2 is 2.17 bits per heavy atom. The fraction of sp³-hybridized carbons (Fsp3) is 0.467. The van der Waals surface area contributed by atoms with Gasteiger partial charge in [-0.2, -0.15) is 14.0 Å². The minimum atomic E-state index is -2.95. The van der Waals surface area contributed by atoms with E-state index in [4.69, 9.17) is 19.6 Å². The lowest BCUT2D eigenvalue weighted by Crippen LogP contribution is -2.29. The minimum absolute atomic E-state index is 0.0586. The van der Waals surface area contributed by atoms with Crippen molar-refractivity contribution >= 4 is 5.71 Å². The van der Waals surface area contributed by atoms with Crippen molar-refractivity contribution in [1.29, 1.82) is 5.26 Å². The Bertz CT molecular complexity index is 651. The molecule has 23 heavy (non-hydrogen) atoms. The van der Waals surface area contributed by atoms with Crippen LogP contribution in [0.5, 0.6) is 11.5 Å². The van der Waals surface area contributed by atoms with Crippen LogP contribution in [0.2, 0.25) is 0 Å². The van der Waals surface area contributed by atoms with Gasteiger partial charge in [-0.15, -0.1) is 0 Å². The molecule has 1 saturated heterocycles. The second-order valence-electron chi connectivity index (χ2n) is 5.31. The molecule has 0 aromatic heterocycles. The normalized spacial score (nSPS) is 22.8. The Morgan fingerprint density at radius 1 is 1.35 bits per heavy atom. The van der Waals surface area contributed by atoms with Crippen molar-refractivity contribution in [2.75, 3.05) is 19.8 Å². The number of oxime groups is 1. The summed E-state index contributed by atoms with van der Waals surface area (Å²) in [6, 6.07) is 6.19. The summed E-state index contributed by atoms with van der Waals surface area (Å²) in [6.07, 6.45) is 1.24. The molecule has 1 aromatic carbocycles. The average molecular weight is 324 g/mol. The predicted molar refractivity (Wildman–Crippen MR) is 74.6 cm³/mol. The van der Waals surface area contributed by atoms with E-state index in [-0.39, 0.29) is 18.1 Å².